The van der Waals surface area contributed by atoms with Crippen LogP contribution in [0.15, 0.2) is 18.2 Å². The topological polar surface area (TPSA) is 64.2 Å². The predicted molar refractivity (Wildman–Crippen MR) is 47.6 cm³/mol. The first kappa shape index (κ1) is 9.72. The molecular weight excluding hydrogens is 166 g/mol. The molecule has 0 amide bonds. The minimum atomic E-state index is -0.102. The molecule has 3 nitrogen and oxygen atoms in total. The van der Waals surface area contributed by atoms with E-state index in [1.54, 1.807) is 18.2 Å². The summed E-state index contributed by atoms with van der Waals surface area (Å²) in [6.45, 7) is -0.183. The number of hydrogen-bond acceptors (Lipinski definition) is 3. The van der Waals surface area contributed by atoms with Crippen molar-refractivity contribution >= 4 is 0 Å². The van der Waals surface area contributed by atoms with Crippen molar-refractivity contribution in [1.29, 1.82) is 5.26 Å². The summed E-state index contributed by atoms with van der Waals surface area (Å²) in [5, 5.41) is 26.3. The first-order valence-electron chi connectivity index (χ1n) is 4.01. The summed E-state index contributed by atoms with van der Waals surface area (Å²) in [7, 11) is 0. The second-order valence-electron chi connectivity index (χ2n) is 2.75. The Morgan fingerprint density at radius 1 is 1.15 bits per heavy atom. The Kier molecular flexibility index (Phi) is 3.44. The lowest BCUT2D eigenvalue weighted by molar-refractivity contribution is 0.260. The van der Waals surface area contributed by atoms with Crippen molar-refractivity contribution in [3.8, 4) is 6.07 Å². The smallest absolute Gasteiger partial charge is 0.0685 e. The molecule has 0 bridgehead atoms. The van der Waals surface area contributed by atoms with Crippen LogP contribution in [0, 0.1) is 11.3 Å². The average Bonchev–Trinajstić information content (AvgIpc) is 2.18. The molecule has 0 heterocycles. The lowest BCUT2D eigenvalue weighted by Gasteiger charge is -2.05. The van der Waals surface area contributed by atoms with E-state index < -0.39 is 0 Å². The van der Waals surface area contributed by atoms with Gasteiger partial charge in [-0.15, -0.1) is 0 Å². The summed E-state index contributed by atoms with van der Waals surface area (Å²) in [6.07, 6.45) is 0.332. The Hall–Kier alpha value is -1.37. The van der Waals surface area contributed by atoms with Crippen molar-refractivity contribution in [1.82, 2.24) is 0 Å². The first-order valence-corrected chi connectivity index (χ1v) is 4.01. The second-order valence-corrected chi connectivity index (χ2v) is 2.75. The molecule has 0 aromatic heterocycles. The van der Waals surface area contributed by atoms with E-state index in [1.165, 1.54) is 0 Å². The van der Waals surface area contributed by atoms with Crippen LogP contribution in [-0.2, 0) is 19.6 Å². The summed E-state index contributed by atoms with van der Waals surface area (Å²) in [6, 6.07) is 7.29. The van der Waals surface area contributed by atoms with Crippen LogP contribution in [0.2, 0.25) is 0 Å². The fourth-order valence-corrected chi connectivity index (χ4v) is 1.18. The molecule has 0 unspecified atom stereocenters. The molecule has 0 radical (unpaired) electrons. The fourth-order valence-electron chi connectivity index (χ4n) is 1.18. The third kappa shape index (κ3) is 2.28. The van der Waals surface area contributed by atoms with Gasteiger partial charge in [-0.1, -0.05) is 18.2 Å². The monoisotopic (exact) mass is 177 g/mol. The zero-order chi connectivity index (χ0) is 9.68. The van der Waals surface area contributed by atoms with E-state index in [1.807, 2.05) is 6.07 Å². The molecule has 0 aliphatic rings. The highest BCUT2D eigenvalue weighted by molar-refractivity contribution is 5.32. The van der Waals surface area contributed by atoms with Crippen molar-refractivity contribution < 1.29 is 10.2 Å². The van der Waals surface area contributed by atoms with Gasteiger partial charge in [0.2, 0.25) is 0 Å². The number of aliphatic hydroxyl groups is 2. The minimum Gasteiger partial charge on any atom is -0.392 e. The van der Waals surface area contributed by atoms with Gasteiger partial charge in [0.1, 0.15) is 0 Å². The van der Waals surface area contributed by atoms with Crippen LogP contribution in [0.5, 0.6) is 0 Å². The van der Waals surface area contributed by atoms with Crippen molar-refractivity contribution in [2.75, 3.05) is 0 Å². The normalized spacial score (nSPS) is 9.62. The van der Waals surface area contributed by atoms with Gasteiger partial charge in [-0.2, -0.15) is 5.26 Å². The van der Waals surface area contributed by atoms with Gasteiger partial charge < -0.3 is 10.2 Å². The summed E-state index contributed by atoms with van der Waals surface area (Å²) in [5.74, 6) is 0. The van der Waals surface area contributed by atoms with Crippen molar-refractivity contribution in [2.45, 2.75) is 19.6 Å². The zero-order valence-electron chi connectivity index (χ0n) is 7.20. The minimum absolute atomic E-state index is 0.0806. The highest BCUT2D eigenvalue weighted by atomic mass is 16.3. The quantitative estimate of drug-likeness (QED) is 0.715. The maximum atomic E-state index is 8.95. The van der Waals surface area contributed by atoms with E-state index in [-0.39, 0.29) is 13.2 Å². The number of nitriles is 1. The Bertz CT molecular complexity index is 328. The molecule has 0 atom stereocenters. The van der Waals surface area contributed by atoms with Gasteiger partial charge in [0.05, 0.1) is 25.7 Å². The van der Waals surface area contributed by atoms with Gasteiger partial charge in [-0.05, 0) is 16.7 Å². The number of hydrogen-bond donors (Lipinski definition) is 2. The molecular formula is C10H11NO2. The van der Waals surface area contributed by atoms with Gasteiger partial charge in [-0.3, -0.25) is 0 Å². The van der Waals surface area contributed by atoms with Crippen LogP contribution in [-0.4, -0.2) is 10.2 Å². The third-order valence-electron chi connectivity index (χ3n) is 1.89. The van der Waals surface area contributed by atoms with Crippen LogP contribution < -0.4 is 0 Å². The molecule has 0 saturated carbocycles. The largest absolute Gasteiger partial charge is 0.392 e. The average molecular weight is 177 g/mol. The molecule has 1 aromatic carbocycles. The maximum absolute atomic E-state index is 8.95. The third-order valence-corrected chi connectivity index (χ3v) is 1.89. The molecule has 0 fully saturated rings. The lowest BCUT2D eigenvalue weighted by atomic mass is 10.0. The van der Waals surface area contributed by atoms with E-state index in [2.05, 4.69) is 0 Å². The Morgan fingerprint density at radius 3 is 2.38 bits per heavy atom. The van der Waals surface area contributed by atoms with Crippen LogP contribution in [0.4, 0.5) is 0 Å². The van der Waals surface area contributed by atoms with E-state index >= 15 is 0 Å². The van der Waals surface area contributed by atoms with Crippen molar-refractivity contribution in [3.63, 3.8) is 0 Å². The molecule has 0 aliphatic heterocycles. The Balaban J connectivity index is 3.00. The predicted octanol–water partition coefficient (Wildman–Crippen LogP) is 0.737. The van der Waals surface area contributed by atoms with Crippen LogP contribution in [0.1, 0.15) is 16.7 Å². The Labute approximate surface area is 76.9 Å². The van der Waals surface area contributed by atoms with Gasteiger partial charge >= 0.3 is 0 Å². The summed E-state index contributed by atoms with van der Waals surface area (Å²) >= 11 is 0. The van der Waals surface area contributed by atoms with E-state index in [0.29, 0.717) is 17.5 Å². The molecule has 13 heavy (non-hydrogen) atoms. The Morgan fingerprint density at radius 2 is 1.85 bits per heavy atom. The highest BCUT2D eigenvalue weighted by Crippen LogP contribution is 2.12. The molecule has 2 N–H and O–H groups in total. The number of nitrogens with zero attached hydrogens (tertiary/aromatic N) is 1. The highest BCUT2D eigenvalue weighted by Gasteiger charge is 2.01. The lowest BCUT2D eigenvalue weighted by Crippen LogP contribution is -1.95. The molecule has 1 aromatic rings. The van der Waals surface area contributed by atoms with Gasteiger partial charge in [0, 0.05) is 0 Å². The standard InChI is InChI=1S/C10H11NO2/c11-4-3-8-1-2-9(6-12)10(5-8)7-13/h1-2,5,12-13H,3,6-7H2. The maximum Gasteiger partial charge on any atom is 0.0685 e. The van der Waals surface area contributed by atoms with E-state index in [4.69, 9.17) is 15.5 Å². The molecule has 0 spiro atoms. The van der Waals surface area contributed by atoms with Gasteiger partial charge in [0.25, 0.3) is 0 Å². The van der Waals surface area contributed by atoms with Crippen molar-refractivity contribution in [3.05, 3.63) is 34.9 Å². The molecule has 3 heteroatoms. The molecule has 0 saturated heterocycles. The van der Waals surface area contributed by atoms with E-state index in [0.717, 1.165) is 5.56 Å². The van der Waals surface area contributed by atoms with Crippen LogP contribution in [0.3, 0.4) is 0 Å². The van der Waals surface area contributed by atoms with Gasteiger partial charge in [-0.25, -0.2) is 0 Å². The summed E-state index contributed by atoms with van der Waals surface area (Å²) < 4.78 is 0. The van der Waals surface area contributed by atoms with Crippen molar-refractivity contribution in [2.24, 2.45) is 0 Å². The molecule has 68 valence electrons. The fraction of sp³-hybridized carbons (Fsp3) is 0.300. The van der Waals surface area contributed by atoms with E-state index in [9.17, 15) is 0 Å². The molecule has 1 rings (SSSR count). The zero-order valence-corrected chi connectivity index (χ0v) is 7.20. The SMILES string of the molecule is N#CCc1ccc(CO)c(CO)c1. The number of aliphatic hydroxyl groups excluding tert-OH is 2. The molecule has 0 aliphatic carbocycles. The van der Waals surface area contributed by atoms with Crippen LogP contribution >= 0.6 is 0 Å². The number of rotatable bonds is 3. The second kappa shape index (κ2) is 4.61. The summed E-state index contributed by atoms with van der Waals surface area (Å²) in [4.78, 5) is 0. The summed E-state index contributed by atoms with van der Waals surface area (Å²) in [5.41, 5.74) is 2.27. The first-order chi connectivity index (χ1) is 6.31. The number of benzene rings is 1. The van der Waals surface area contributed by atoms with Crippen LogP contribution in [0.25, 0.3) is 0 Å². The van der Waals surface area contributed by atoms with Gasteiger partial charge in [0.15, 0.2) is 0 Å².